The number of fused-ring (bicyclic) bond motifs is 13. The van der Waals surface area contributed by atoms with Crippen LogP contribution in [0.5, 0.6) is 0 Å². The molecular formula is C64H36N6OS. The number of nitrogens with zero attached hydrogens (tertiary/aromatic N) is 6. The zero-order valence-electron chi connectivity index (χ0n) is 38.3. The average Bonchev–Trinajstić information content (AvgIpc) is 4.21. The van der Waals surface area contributed by atoms with Gasteiger partial charge in [-0.1, -0.05) is 158 Å². The Bertz CT molecular complexity index is 4690. The molecule has 10 aromatic carbocycles. The van der Waals surface area contributed by atoms with Gasteiger partial charge >= 0.3 is 0 Å². The summed E-state index contributed by atoms with van der Waals surface area (Å²) < 4.78 is 14.3. The molecule has 0 amide bonds. The Kier molecular flexibility index (Phi) is 8.76. The van der Waals surface area contributed by atoms with Gasteiger partial charge in [-0.2, -0.15) is 5.26 Å². The first-order chi connectivity index (χ1) is 35.7. The van der Waals surface area contributed by atoms with Crippen LogP contribution in [-0.4, -0.2) is 24.1 Å². The zero-order valence-corrected chi connectivity index (χ0v) is 39.1. The Morgan fingerprint density at radius 3 is 1.72 bits per heavy atom. The van der Waals surface area contributed by atoms with E-state index in [-0.39, 0.29) is 0 Å². The van der Waals surface area contributed by atoms with E-state index in [2.05, 4.69) is 149 Å². The number of thiophene rings is 1. The molecule has 0 radical (unpaired) electrons. The highest BCUT2D eigenvalue weighted by Gasteiger charge is 2.29. The predicted octanol–water partition coefficient (Wildman–Crippen LogP) is 16.9. The standard InChI is InChI=1S/C64H36N6OS/c65-37-41-35-50(64-67-62(38-18-4-1-5-19-38)66-63(68-64)39-20-6-2-7-21-39)61-57(46-27-12-16-30-53(46)71-61)58(41)70-51-28-14-10-24-43(51)49-36-47(40-32-33-55-48(34-40)44-25-13-17-31-54(44)72-55)59-56(60(49)70)45-26-11-15-29-52(45)69(59)42-22-8-3-9-23-42/h1-36H. The summed E-state index contributed by atoms with van der Waals surface area (Å²) in [6.07, 6.45) is 0. The minimum absolute atomic E-state index is 0.408. The highest BCUT2D eigenvalue weighted by atomic mass is 32.1. The van der Waals surface area contributed by atoms with Crippen LogP contribution < -0.4 is 0 Å². The van der Waals surface area contributed by atoms with Crippen LogP contribution in [0.1, 0.15) is 5.56 Å². The summed E-state index contributed by atoms with van der Waals surface area (Å²) >= 11 is 1.83. The van der Waals surface area contributed by atoms with Crippen molar-refractivity contribution in [1.82, 2.24) is 24.1 Å². The quantitative estimate of drug-likeness (QED) is 0.166. The minimum Gasteiger partial charge on any atom is -0.455 e. The maximum Gasteiger partial charge on any atom is 0.167 e. The largest absolute Gasteiger partial charge is 0.455 e. The molecule has 334 valence electrons. The van der Waals surface area contributed by atoms with E-state index in [1.165, 1.54) is 20.2 Å². The molecule has 0 aliphatic carbocycles. The van der Waals surface area contributed by atoms with Gasteiger partial charge < -0.3 is 13.6 Å². The fraction of sp³-hybridized carbons (Fsp3) is 0. The number of hydrogen-bond acceptors (Lipinski definition) is 6. The molecule has 15 aromatic rings. The second-order valence-electron chi connectivity index (χ2n) is 18.2. The minimum atomic E-state index is 0.408. The maximum absolute atomic E-state index is 11.7. The number of benzene rings is 10. The van der Waals surface area contributed by atoms with Crippen molar-refractivity contribution in [2.45, 2.75) is 0 Å². The third-order valence-electron chi connectivity index (χ3n) is 14.2. The topological polar surface area (TPSA) is 85.5 Å². The maximum atomic E-state index is 11.7. The molecule has 0 aliphatic rings. The lowest BCUT2D eigenvalue weighted by Gasteiger charge is -2.16. The molecule has 0 fully saturated rings. The number of nitriles is 1. The van der Waals surface area contributed by atoms with Crippen LogP contribution in [0.3, 0.4) is 0 Å². The van der Waals surface area contributed by atoms with E-state index >= 15 is 0 Å². The fourth-order valence-corrected chi connectivity index (χ4v) is 12.2. The smallest absolute Gasteiger partial charge is 0.167 e. The molecule has 0 aliphatic heterocycles. The van der Waals surface area contributed by atoms with E-state index in [4.69, 9.17) is 19.4 Å². The molecule has 15 rings (SSSR count). The van der Waals surface area contributed by atoms with Crippen molar-refractivity contribution in [3.8, 4) is 62.7 Å². The van der Waals surface area contributed by atoms with Gasteiger partial charge in [-0.25, -0.2) is 15.0 Å². The summed E-state index contributed by atoms with van der Waals surface area (Å²) in [6, 6.07) is 78.6. The normalized spacial score (nSPS) is 11.9. The van der Waals surface area contributed by atoms with Crippen molar-refractivity contribution in [2.75, 3.05) is 0 Å². The first-order valence-corrected chi connectivity index (χ1v) is 24.7. The van der Waals surface area contributed by atoms with E-state index < -0.39 is 0 Å². The van der Waals surface area contributed by atoms with E-state index in [0.29, 0.717) is 39.8 Å². The number of aromatic nitrogens is 5. The van der Waals surface area contributed by atoms with Gasteiger partial charge in [0, 0.05) is 69.5 Å². The van der Waals surface area contributed by atoms with Crippen LogP contribution >= 0.6 is 11.3 Å². The molecule has 5 aromatic heterocycles. The molecular weight excluding hydrogens is 901 g/mol. The molecule has 0 atom stereocenters. The van der Waals surface area contributed by atoms with Crippen LogP contribution in [0.15, 0.2) is 223 Å². The van der Waals surface area contributed by atoms with Crippen LogP contribution in [0.4, 0.5) is 0 Å². The van der Waals surface area contributed by atoms with Gasteiger partial charge in [0.1, 0.15) is 17.2 Å². The number of para-hydroxylation sites is 4. The summed E-state index contributed by atoms with van der Waals surface area (Å²) in [5.41, 5.74) is 12.2. The van der Waals surface area contributed by atoms with Gasteiger partial charge in [0.05, 0.1) is 44.3 Å². The second kappa shape index (κ2) is 15.7. The Balaban J connectivity index is 1.11. The molecule has 0 saturated carbocycles. The van der Waals surface area contributed by atoms with Crippen molar-refractivity contribution in [2.24, 2.45) is 0 Å². The molecule has 7 nitrogen and oxygen atoms in total. The van der Waals surface area contributed by atoms with Gasteiger partial charge in [0.2, 0.25) is 0 Å². The molecule has 0 unspecified atom stereocenters. The Morgan fingerprint density at radius 1 is 0.417 bits per heavy atom. The lowest BCUT2D eigenvalue weighted by Crippen LogP contribution is -2.03. The monoisotopic (exact) mass is 936 g/mol. The average molecular weight is 937 g/mol. The summed E-state index contributed by atoms with van der Waals surface area (Å²) in [5, 5.41) is 20.2. The van der Waals surface area contributed by atoms with E-state index in [1.54, 1.807) is 0 Å². The number of furan rings is 1. The SMILES string of the molecule is N#Cc1cc(-c2nc(-c3ccccc3)nc(-c3ccccc3)n2)c2oc3ccccc3c2c1-n1c2ccccc2c2cc(-c3ccc4sc5ccccc5c4c3)c3c(c4ccccc4n3-c3ccccc3)c21. The highest BCUT2D eigenvalue weighted by Crippen LogP contribution is 2.50. The second-order valence-corrected chi connectivity index (χ2v) is 19.3. The van der Waals surface area contributed by atoms with Crippen molar-refractivity contribution in [1.29, 1.82) is 5.26 Å². The van der Waals surface area contributed by atoms with Crippen molar-refractivity contribution in [3.63, 3.8) is 0 Å². The molecule has 0 spiro atoms. The third kappa shape index (κ3) is 5.92. The number of hydrogen-bond donors (Lipinski definition) is 0. The highest BCUT2D eigenvalue weighted by molar-refractivity contribution is 7.25. The summed E-state index contributed by atoms with van der Waals surface area (Å²) in [6.45, 7) is 0. The molecule has 0 bridgehead atoms. The molecule has 0 N–H and O–H groups in total. The summed E-state index contributed by atoms with van der Waals surface area (Å²) in [7, 11) is 0. The van der Waals surface area contributed by atoms with E-state index in [0.717, 1.165) is 88.0 Å². The fourth-order valence-electron chi connectivity index (χ4n) is 11.1. The Morgan fingerprint density at radius 2 is 1.00 bits per heavy atom. The van der Waals surface area contributed by atoms with E-state index in [9.17, 15) is 5.26 Å². The molecule has 0 saturated heterocycles. The summed E-state index contributed by atoms with van der Waals surface area (Å²) in [4.78, 5) is 15.3. The lowest BCUT2D eigenvalue weighted by atomic mass is 9.96. The van der Waals surface area contributed by atoms with Crippen LogP contribution in [0.2, 0.25) is 0 Å². The van der Waals surface area contributed by atoms with Gasteiger partial charge in [0.25, 0.3) is 0 Å². The Hall–Kier alpha value is -9.68. The van der Waals surface area contributed by atoms with Crippen LogP contribution in [-0.2, 0) is 0 Å². The Labute approximate surface area is 415 Å². The summed E-state index contributed by atoms with van der Waals surface area (Å²) in [5.74, 6) is 1.45. The van der Waals surface area contributed by atoms with Crippen molar-refractivity contribution >= 4 is 97.1 Å². The van der Waals surface area contributed by atoms with Gasteiger partial charge in [-0.3, -0.25) is 0 Å². The predicted molar refractivity (Wildman–Crippen MR) is 295 cm³/mol. The third-order valence-corrected chi connectivity index (χ3v) is 15.3. The van der Waals surface area contributed by atoms with Gasteiger partial charge in [-0.05, 0) is 66.2 Å². The first-order valence-electron chi connectivity index (χ1n) is 23.9. The van der Waals surface area contributed by atoms with Crippen molar-refractivity contribution < 1.29 is 4.42 Å². The molecule has 8 heteroatoms. The first kappa shape index (κ1) is 40.2. The zero-order chi connectivity index (χ0) is 47.4. The van der Waals surface area contributed by atoms with Gasteiger partial charge in [0.15, 0.2) is 17.5 Å². The lowest BCUT2D eigenvalue weighted by molar-refractivity contribution is 0.669. The van der Waals surface area contributed by atoms with E-state index in [1.807, 2.05) is 96.3 Å². The van der Waals surface area contributed by atoms with Crippen molar-refractivity contribution in [3.05, 3.63) is 224 Å². The number of rotatable bonds is 6. The van der Waals surface area contributed by atoms with Crippen LogP contribution in [0.25, 0.3) is 142 Å². The molecule has 72 heavy (non-hydrogen) atoms. The molecule has 5 heterocycles. The van der Waals surface area contributed by atoms with Crippen LogP contribution in [0, 0.1) is 11.3 Å². The van der Waals surface area contributed by atoms with Gasteiger partial charge in [-0.15, -0.1) is 11.3 Å².